The molecule has 1 aromatic rings. The number of nitrogens with zero attached hydrogens (tertiary/aromatic N) is 1. The van der Waals surface area contributed by atoms with Gasteiger partial charge in [0.15, 0.2) is 6.61 Å². The van der Waals surface area contributed by atoms with Crippen LogP contribution in [-0.4, -0.2) is 37.0 Å². The summed E-state index contributed by atoms with van der Waals surface area (Å²) < 4.78 is 33.6. The Bertz CT molecular complexity index is 586. The highest BCUT2D eigenvalue weighted by molar-refractivity contribution is 5.80. The average Bonchev–Trinajstić information content (AvgIpc) is 3.12. The molecule has 1 aromatic carbocycles. The number of hydrogen-bond donors (Lipinski definition) is 0. The molecule has 0 heterocycles. The molecule has 0 unspecified atom stereocenters. The fraction of sp³-hybridized carbons (Fsp3) is 0.579. The van der Waals surface area contributed by atoms with E-state index in [1.165, 1.54) is 42.7 Å². The molecule has 0 saturated heterocycles. The summed E-state index contributed by atoms with van der Waals surface area (Å²) in [6.07, 6.45) is 6.01. The van der Waals surface area contributed by atoms with E-state index < -0.39 is 6.61 Å². The second-order valence-corrected chi connectivity index (χ2v) is 6.62. The third-order valence-corrected chi connectivity index (χ3v) is 4.58. The smallest absolute Gasteiger partial charge is 0.387 e. The fourth-order valence-electron chi connectivity index (χ4n) is 3.08. The van der Waals surface area contributed by atoms with Crippen LogP contribution in [0, 0.1) is 5.92 Å². The number of likely N-dealkylation sites (N-methyl/N-ethyl adjacent to an activating group) is 1. The Morgan fingerprint density at radius 3 is 2.46 bits per heavy atom. The molecular weight excluding hydrogens is 344 g/mol. The van der Waals surface area contributed by atoms with Crippen LogP contribution in [0.5, 0.6) is 5.75 Å². The molecule has 0 radical (unpaired) electrons. The molecule has 144 valence electrons. The quantitative estimate of drug-likeness (QED) is 0.622. The first kappa shape index (κ1) is 20.1. The first-order valence-electron chi connectivity index (χ1n) is 8.87. The van der Waals surface area contributed by atoms with Gasteiger partial charge in [0.2, 0.25) is 0 Å². The Morgan fingerprint density at radius 2 is 1.85 bits per heavy atom. The van der Waals surface area contributed by atoms with Gasteiger partial charge in [0.25, 0.3) is 5.91 Å². The van der Waals surface area contributed by atoms with Crippen molar-refractivity contribution in [3.05, 3.63) is 29.8 Å². The van der Waals surface area contributed by atoms with Gasteiger partial charge in [-0.05, 0) is 30.0 Å². The van der Waals surface area contributed by atoms with Gasteiger partial charge >= 0.3 is 12.6 Å². The van der Waals surface area contributed by atoms with Crippen LogP contribution in [0.4, 0.5) is 8.78 Å². The van der Waals surface area contributed by atoms with E-state index in [1.807, 2.05) is 0 Å². The minimum absolute atomic E-state index is 0.0638. The van der Waals surface area contributed by atoms with E-state index in [0.29, 0.717) is 12.3 Å². The molecule has 0 aromatic heterocycles. The summed E-state index contributed by atoms with van der Waals surface area (Å²) in [5.41, 5.74) is 0.759. The summed E-state index contributed by atoms with van der Waals surface area (Å²) >= 11 is 0. The zero-order valence-corrected chi connectivity index (χ0v) is 15.0. The number of benzene rings is 1. The van der Waals surface area contributed by atoms with Crippen molar-refractivity contribution in [3.8, 4) is 5.75 Å². The van der Waals surface area contributed by atoms with Crippen LogP contribution >= 0.6 is 0 Å². The summed E-state index contributed by atoms with van der Waals surface area (Å²) in [4.78, 5) is 25.2. The summed E-state index contributed by atoms with van der Waals surface area (Å²) in [7, 11) is 1.60. The van der Waals surface area contributed by atoms with Gasteiger partial charge in [-0.25, -0.2) is 0 Å². The SMILES string of the molecule is CN(Cc1ccc(OC(F)F)cc1)C(=O)COC(=O)CCC1CCCC1. The number of esters is 1. The van der Waals surface area contributed by atoms with Crippen LogP contribution in [0.25, 0.3) is 0 Å². The number of hydrogen-bond acceptors (Lipinski definition) is 4. The van der Waals surface area contributed by atoms with Crippen LogP contribution in [0.1, 0.15) is 44.1 Å². The molecule has 1 aliphatic carbocycles. The third-order valence-electron chi connectivity index (χ3n) is 4.58. The van der Waals surface area contributed by atoms with E-state index >= 15 is 0 Å². The van der Waals surface area contributed by atoms with E-state index in [2.05, 4.69) is 4.74 Å². The molecule has 0 N–H and O–H groups in total. The maximum absolute atomic E-state index is 12.1. The van der Waals surface area contributed by atoms with Crippen LogP contribution in [-0.2, 0) is 20.9 Å². The van der Waals surface area contributed by atoms with Crippen molar-refractivity contribution >= 4 is 11.9 Å². The minimum atomic E-state index is -2.87. The summed E-state index contributed by atoms with van der Waals surface area (Å²) in [5, 5.41) is 0. The highest BCUT2D eigenvalue weighted by Crippen LogP contribution is 2.28. The first-order valence-corrected chi connectivity index (χ1v) is 8.87. The Labute approximate surface area is 152 Å². The number of carbonyl (C=O) groups is 2. The van der Waals surface area contributed by atoms with E-state index in [0.717, 1.165) is 12.0 Å². The van der Waals surface area contributed by atoms with Crippen molar-refractivity contribution < 1.29 is 27.8 Å². The van der Waals surface area contributed by atoms with Crippen molar-refractivity contribution in [1.29, 1.82) is 0 Å². The van der Waals surface area contributed by atoms with Gasteiger partial charge < -0.3 is 14.4 Å². The lowest BCUT2D eigenvalue weighted by atomic mass is 10.0. The van der Waals surface area contributed by atoms with Crippen LogP contribution in [0.15, 0.2) is 24.3 Å². The number of alkyl halides is 2. The Balaban J connectivity index is 1.68. The van der Waals surface area contributed by atoms with Crippen molar-refractivity contribution in [2.45, 2.75) is 51.7 Å². The normalized spacial score (nSPS) is 14.5. The number of carbonyl (C=O) groups excluding carboxylic acids is 2. The number of amides is 1. The lowest BCUT2D eigenvalue weighted by molar-refractivity contribution is -0.152. The molecule has 7 heteroatoms. The molecule has 2 rings (SSSR count). The standard InChI is InChI=1S/C19H25F2NO4/c1-22(12-15-6-9-16(10-7-15)26-19(20)21)17(23)13-25-18(24)11-8-14-4-2-3-5-14/h6-7,9-10,14,19H,2-5,8,11-13H2,1H3. The molecule has 1 saturated carbocycles. The average molecular weight is 369 g/mol. The zero-order chi connectivity index (χ0) is 18.9. The molecular formula is C19H25F2NO4. The number of ether oxygens (including phenoxy) is 2. The largest absolute Gasteiger partial charge is 0.456 e. The van der Waals surface area contributed by atoms with Crippen molar-refractivity contribution in [2.24, 2.45) is 5.92 Å². The zero-order valence-electron chi connectivity index (χ0n) is 15.0. The van der Waals surface area contributed by atoms with Gasteiger partial charge in [0, 0.05) is 20.0 Å². The van der Waals surface area contributed by atoms with Gasteiger partial charge in [-0.3, -0.25) is 9.59 Å². The Kier molecular flexibility index (Phi) is 7.81. The molecule has 5 nitrogen and oxygen atoms in total. The van der Waals surface area contributed by atoms with E-state index in [9.17, 15) is 18.4 Å². The Hall–Kier alpha value is -2.18. The highest BCUT2D eigenvalue weighted by atomic mass is 19.3. The molecule has 0 aliphatic heterocycles. The van der Waals surface area contributed by atoms with Crippen molar-refractivity contribution in [2.75, 3.05) is 13.7 Å². The third kappa shape index (κ3) is 6.98. The van der Waals surface area contributed by atoms with Gasteiger partial charge in [-0.1, -0.05) is 37.8 Å². The molecule has 1 fully saturated rings. The second-order valence-electron chi connectivity index (χ2n) is 6.62. The molecule has 26 heavy (non-hydrogen) atoms. The number of halogens is 2. The molecule has 0 bridgehead atoms. The highest BCUT2D eigenvalue weighted by Gasteiger charge is 2.18. The van der Waals surface area contributed by atoms with Gasteiger partial charge in [0.1, 0.15) is 5.75 Å². The lowest BCUT2D eigenvalue weighted by Gasteiger charge is -2.17. The monoisotopic (exact) mass is 369 g/mol. The van der Waals surface area contributed by atoms with E-state index in [-0.39, 0.29) is 30.8 Å². The van der Waals surface area contributed by atoms with Crippen molar-refractivity contribution in [3.63, 3.8) is 0 Å². The fourth-order valence-corrected chi connectivity index (χ4v) is 3.08. The summed E-state index contributed by atoms with van der Waals surface area (Å²) in [5.74, 6) is 0.0196. The Morgan fingerprint density at radius 1 is 1.19 bits per heavy atom. The second kappa shape index (κ2) is 10.1. The topological polar surface area (TPSA) is 55.8 Å². The van der Waals surface area contributed by atoms with Crippen molar-refractivity contribution in [1.82, 2.24) is 4.90 Å². The van der Waals surface area contributed by atoms with E-state index in [1.54, 1.807) is 19.2 Å². The molecule has 1 amide bonds. The predicted molar refractivity (Wildman–Crippen MR) is 91.7 cm³/mol. The predicted octanol–water partition coefficient (Wildman–Crippen LogP) is 3.76. The minimum Gasteiger partial charge on any atom is -0.456 e. The van der Waals surface area contributed by atoms with Gasteiger partial charge in [-0.2, -0.15) is 8.78 Å². The summed E-state index contributed by atoms with van der Waals surface area (Å²) in [6, 6.07) is 6.05. The molecule has 0 atom stereocenters. The van der Waals surface area contributed by atoms with Crippen LogP contribution < -0.4 is 4.74 Å². The first-order chi connectivity index (χ1) is 12.4. The van der Waals surface area contributed by atoms with Gasteiger partial charge in [0.05, 0.1) is 0 Å². The van der Waals surface area contributed by atoms with Gasteiger partial charge in [-0.15, -0.1) is 0 Å². The molecule has 1 aliphatic rings. The number of rotatable bonds is 9. The molecule has 0 spiro atoms. The lowest BCUT2D eigenvalue weighted by Crippen LogP contribution is -2.30. The maximum atomic E-state index is 12.1. The van der Waals surface area contributed by atoms with E-state index in [4.69, 9.17) is 4.74 Å². The summed E-state index contributed by atoms with van der Waals surface area (Å²) in [6.45, 7) is -2.87. The van der Waals surface area contributed by atoms with Crippen LogP contribution in [0.2, 0.25) is 0 Å². The van der Waals surface area contributed by atoms with Crippen LogP contribution in [0.3, 0.4) is 0 Å². The maximum Gasteiger partial charge on any atom is 0.387 e.